The Hall–Kier alpha value is -0.790. The van der Waals surface area contributed by atoms with E-state index in [-0.39, 0.29) is 5.97 Å². The smallest absolute Gasteiger partial charge is 0.306 e. The molecule has 0 radical (unpaired) electrons. The molecule has 2 unspecified atom stereocenters. The third-order valence-electron chi connectivity index (χ3n) is 7.30. The Morgan fingerprint density at radius 2 is 1.15 bits per heavy atom. The lowest BCUT2D eigenvalue weighted by Crippen LogP contribution is -2.04. The molecule has 0 rings (SSSR count). The van der Waals surface area contributed by atoms with E-state index >= 15 is 0 Å². The van der Waals surface area contributed by atoms with Crippen LogP contribution in [0, 0.1) is 17.8 Å². The lowest BCUT2D eigenvalue weighted by atomic mass is 9.91. The summed E-state index contributed by atoms with van der Waals surface area (Å²) in [5.41, 5.74) is 1.36. The first-order valence-corrected chi connectivity index (χ1v) is 15.2. The molecule has 0 aliphatic heterocycles. The summed E-state index contributed by atoms with van der Waals surface area (Å²) in [7, 11) is 0. The van der Waals surface area contributed by atoms with E-state index in [0.29, 0.717) is 13.0 Å². The maximum atomic E-state index is 11.9. The first-order chi connectivity index (χ1) is 16.3. The molecule has 0 aliphatic rings. The molecule has 0 N–H and O–H groups in total. The van der Waals surface area contributed by atoms with Gasteiger partial charge in [0.15, 0.2) is 0 Å². The molecule has 0 saturated carbocycles. The lowest BCUT2D eigenvalue weighted by molar-refractivity contribution is -0.142. The average molecular weight is 479 g/mol. The van der Waals surface area contributed by atoms with Crippen molar-refractivity contribution in [2.24, 2.45) is 17.8 Å². The van der Waals surface area contributed by atoms with Crippen LogP contribution in [-0.2, 0) is 9.53 Å². The zero-order valence-electron chi connectivity index (χ0n) is 24.3. The zero-order chi connectivity index (χ0) is 25.4. The fourth-order valence-corrected chi connectivity index (χ4v) is 4.74. The van der Waals surface area contributed by atoms with Crippen LogP contribution in [-0.4, -0.2) is 12.6 Å². The van der Waals surface area contributed by atoms with Crippen LogP contribution in [0.1, 0.15) is 164 Å². The molecule has 0 amide bonds. The van der Waals surface area contributed by atoms with Gasteiger partial charge in [0, 0.05) is 6.42 Å². The summed E-state index contributed by atoms with van der Waals surface area (Å²) in [6.45, 7) is 14.4. The largest absolute Gasteiger partial charge is 0.461 e. The Kier molecular flexibility index (Phi) is 23.4. The van der Waals surface area contributed by atoms with Crippen LogP contribution in [0.2, 0.25) is 0 Å². The first-order valence-electron chi connectivity index (χ1n) is 15.2. The molecule has 0 aromatic carbocycles. The van der Waals surface area contributed by atoms with Gasteiger partial charge in [-0.25, -0.2) is 0 Å². The highest BCUT2D eigenvalue weighted by Gasteiger charge is 2.07. The minimum absolute atomic E-state index is 0.0287. The van der Waals surface area contributed by atoms with Crippen LogP contribution in [0.25, 0.3) is 0 Å². The van der Waals surface area contributed by atoms with E-state index in [1.165, 1.54) is 102 Å². The van der Waals surface area contributed by atoms with Crippen LogP contribution in [0.3, 0.4) is 0 Å². The van der Waals surface area contributed by atoms with Crippen molar-refractivity contribution >= 4 is 5.97 Å². The zero-order valence-corrected chi connectivity index (χ0v) is 24.3. The van der Waals surface area contributed by atoms with Crippen LogP contribution < -0.4 is 0 Å². The van der Waals surface area contributed by atoms with E-state index < -0.39 is 0 Å². The van der Waals surface area contributed by atoms with Crippen molar-refractivity contribution in [3.05, 3.63) is 11.6 Å². The van der Waals surface area contributed by atoms with Gasteiger partial charge >= 0.3 is 5.97 Å². The summed E-state index contributed by atoms with van der Waals surface area (Å²) in [6.07, 6.45) is 26.2. The number of hydrogen-bond donors (Lipinski definition) is 0. The maximum absolute atomic E-state index is 11.9. The molecular weight excluding hydrogens is 416 g/mol. The molecule has 0 saturated heterocycles. The van der Waals surface area contributed by atoms with E-state index in [2.05, 4.69) is 47.6 Å². The fraction of sp³-hybridized carbons (Fsp3) is 0.906. The molecule has 34 heavy (non-hydrogen) atoms. The third kappa shape index (κ3) is 24.3. The highest BCUT2D eigenvalue weighted by molar-refractivity contribution is 5.69. The average Bonchev–Trinajstić information content (AvgIpc) is 2.77. The second-order valence-corrected chi connectivity index (χ2v) is 11.7. The van der Waals surface area contributed by atoms with Gasteiger partial charge in [-0.15, -0.1) is 0 Å². The Morgan fingerprint density at radius 3 is 1.71 bits per heavy atom. The molecule has 2 atom stereocenters. The molecule has 0 bridgehead atoms. The highest BCUT2D eigenvalue weighted by Crippen LogP contribution is 2.22. The van der Waals surface area contributed by atoms with E-state index in [1.807, 2.05) is 0 Å². The predicted molar refractivity (Wildman–Crippen MR) is 151 cm³/mol. The second kappa shape index (κ2) is 23.9. The van der Waals surface area contributed by atoms with E-state index in [0.717, 1.165) is 37.0 Å². The van der Waals surface area contributed by atoms with E-state index in [9.17, 15) is 4.79 Å². The van der Waals surface area contributed by atoms with Gasteiger partial charge in [-0.2, -0.15) is 0 Å². The van der Waals surface area contributed by atoms with Gasteiger partial charge in [0.1, 0.15) is 6.61 Å². The topological polar surface area (TPSA) is 26.3 Å². The molecule has 202 valence electrons. The SMILES string of the molecule is CCCCCCCCCCCC(=O)OC/C=C(\C)CCCC(C)CCCC(C)CCCC(C)C. The number of esters is 1. The summed E-state index contributed by atoms with van der Waals surface area (Å²) >= 11 is 0. The Labute approximate surface area is 215 Å². The summed E-state index contributed by atoms with van der Waals surface area (Å²) in [6, 6.07) is 0. The minimum Gasteiger partial charge on any atom is -0.461 e. The summed E-state index contributed by atoms with van der Waals surface area (Å²) in [5, 5.41) is 0. The number of hydrogen-bond acceptors (Lipinski definition) is 2. The minimum atomic E-state index is -0.0287. The van der Waals surface area contributed by atoms with Crippen molar-refractivity contribution < 1.29 is 9.53 Å². The Balaban J connectivity index is 3.62. The van der Waals surface area contributed by atoms with Crippen molar-refractivity contribution in [2.75, 3.05) is 6.61 Å². The summed E-state index contributed by atoms with van der Waals surface area (Å²) < 4.78 is 5.41. The standard InChI is InChI=1S/C32H62O2/c1-7-8-9-10-11-12-13-14-15-25-32(33)34-27-26-31(6)24-18-23-30(5)22-17-21-29(4)20-16-19-28(2)3/h26,28-30H,7-25,27H2,1-6H3/b31-26+. The highest BCUT2D eigenvalue weighted by atomic mass is 16.5. The predicted octanol–water partition coefficient (Wildman–Crippen LogP) is 10.8. The van der Waals surface area contributed by atoms with Crippen LogP contribution in [0.4, 0.5) is 0 Å². The summed E-state index contributed by atoms with van der Waals surface area (Å²) in [5.74, 6) is 2.53. The van der Waals surface area contributed by atoms with E-state index in [4.69, 9.17) is 4.74 Å². The van der Waals surface area contributed by atoms with Crippen molar-refractivity contribution in [3.63, 3.8) is 0 Å². The Morgan fingerprint density at radius 1 is 0.647 bits per heavy atom. The Bertz CT molecular complexity index is 479. The third-order valence-corrected chi connectivity index (χ3v) is 7.30. The maximum Gasteiger partial charge on any atom is 0.306 e. The number of rotatable bonds is 24. The molecule has 0 spiro atoms. The van der Waals surface area contributed by atoms with Gasteiger partial charge < -0.3 is 4.74 Å². The molecule has 0 aliphatic carbocycles. The van der Waals surface area contributed by atoms with Gasteiger partial charge in [0.25, 0.3) is 0 Å². The van der Waals surface area contributed by atoms with E-state index in [1.54, 1.807) is 0 Å². The molecule has 0 fully saturated rings. The molecule has 0 aromatic rings. The second-order valence-electron chi connectivity index (χ2n) is 11.7. The number of ether oxygens (including phenoxy) is 1. The lowest BCUT2D eigenvalue weighted by Gasteiger charge is -2.15. The van der Waals surface area contributed by atoms with Crippen LogP contribution in [0.5, 0.6) is 0 Å². The molecule has 0 aromatic heterocycles. The van der Waals surface area contributed by atoms with Gasteiger partial charge in [-0.1, -0.05) is 137 Å². The number of carbonyl (C=O) groups excluding carboxylic acids is 1. The van der Waals surface area contributed by atoms with Gasteiger partial charge in [-0.05, 0) is 50.0 Å². The molecule has 2 heteroatoms. The van der Waals surface area contributed by atoms with Crippen molar-refractivity contribution in [1.82, 2.24) is 0 Å². The first kappa shape index (κ1) is 33.2. The fourth-order valence-electron chi connectivity index (χ4n) is 4.74. The van der Waals surface area contributed by atoms with Crippen LogP contribution in [0.15, 0.2) is 11.6 Å². The van der Waals surface area contributed by atoms with Crippen molar-refractivity contribution in [2.45, 2.75) is 164 Å². The van der Waals surface area contributed by atoms with Crippen molar-refractivity contribution in [3.8, 4) is 0 Å². The van der Waals surface area contributed by atoms with Crippen LogP contribution >= 0.6 is 0 Å². The van der Waals surface area contributed by atoms with Gasteiger partial charge in [0.2, 0.25) is 0 Å². The monoisotopic (exact) mass is 478 g/mol. The summed E-state index contributed by atoms with van der Waals surface area (Å²) in [4.78, 5) is 11.9. The van der Waals surface area contributed by atoms with Gasteiger partial charge in [0.05, 0.1) is 0 Å². The van der Waals surface area contributed by atoms with Gasteiger partial charge in [-0.3, -0.25) is 4.79 Å². The number of unbranched alkanes of at least 4 members (excludes halogenated alkanes) is 8. The number of allylic oxidation sites excluding steroid dienone is 1. The van der Waals surface area contributed by atoms with Crippen molar-refractivity contribution in [1.29, 1.82) is 0 Å². The normalized spacial score (nSPS) is 13.9. The number of carbonyl (C=O) groups is 1. The molecular formula is C32H62O2. The molecule has 0 heterocycles. The quantitative estimate of drug-likeness (QED) is 0.0783. The molecule has 2 nitrogen and oxygen atoms in total.